The molecule has 0 saturated carbocycles. The predicted octanol–water partition coefficient (Wildman–Crippen LogP) is 4.07. The highest BCUT2D eigenvalue weighted by Gasteiger charge is 2.15. The van der Waals surface area contributed by atoms with Crippen molar-refractivity contribution >= 4 is 33.0 Å². The maximum Gasteiger partial charge on any atom is 0.193 e. The third kappa shape index (κ3) is 2.22. The van der Waals surface area contributed by atoms with Crippen LogP contribution in [0.4, 0.5) is 0 Å². The molecule has 0 radical (unpaired) electrons. The van der Waals surface area contributed by atoms with Crippen LogP contribution in [0.15, 0.2) is 33.4 Å². The van der Waals surface area contributed by atoms with Crippen LogP contribution in [0.1, 0.15) is 27.9 Å². The summed E-state index contributed by atoms with van der Waals surface area (Å²) in [6, 6.07) is 7.58. The summed E-state index contributed by atoms with van der Waals surface area (Å²) in [5, 5.41) is 1.88. The highest BCUT2D eigenvalue weighted by molar-refractivity contribution is 9.11. The summed E-state index contributed by atoms with van der Waals surface area (Å²) in [7, 11) is 0. The van der Waals surface area contributed by atoms with Gasteiger partial charge in [0.1, 0.15) is 5.75 Å². The molecule has 0 aliphatic carbocycles. The van der Waals surface area contributed by atoms with E-state index in [1.54, 1.807) is 0 Å². The lowest BCUT2D eigenvalue weighted by molar-refractivity contribution is 0.103. The van der Waals surface area contributed by atoms with E-state index >= 15 is 0 Å². The SMILES string of the molecule is O=C(c1csc(Br)c1)c1ccc2c(c1)CCCO2. The van der Waals surface area contributed by atoms with E-state index in [1.807, 2.05) is 29.6 Å². The van der Waals surface area contributed by atoms with Crippen LogP contribution < -0.4 is 4.74 Å². The lowest BCUT2D eigenvalue weighted by Crippen LogP contribution is -2.09. The van der Waals surface area contributed by atoms with E-state index in [9.17, 15) is 4.79 Å². The van der Waals surface area contributed by atoms with E-state index in [-0.39, 0.29) is 5.78 Å². The van der Waals surface area contributed by atoms with Gasteiger partial charge in [-0.25, -0.2) is 0 Å². The van der Waals surface area contributed by atoms with Crippen molar-refractivity contribution in [1.29, 1.82) is 0 Å². The lowest BCUT2D eigenvalue weighted by Gasteiger charge is -2.17. The molecule has 3 rings (SSSR count). The zero-order valence-corrected chi connectivity index (χ0v) is 12.0. The molecule has 0 bridgehead atoms. The van der Waals surface area contributed by atoms with Crippen LogP contribution >= 0.6 is 27.3 Å². The van der Waals surface area contributed by atoms with E-state index in [2.05, 4.69) is 15.9 Å². The summed E-state index contributed by atoms with van der Waals surface area (Å²) in [6.07, 6.45) is 2.01. The molecule has 1 aromatic carbocycles. The summed E-state index contributed by atoms with van der Waals surface area (Å²) in [5.41, 5.74) is 2.62. The van der Waals surface area contributed by atoms with Crippen LogP contribution in [-0.4, -0.2) is 12.4 Å². The van der Waals surface area contributed by atoms with Crippen LogP contribution in [0.3, 0.4) is 0 Å². The third-order valence-electron chi connectivity index (χ3n) is 3.00. The Kier molecular flexibility index (Phi) is 3.22. The molecular formula is C14H11BrO2S. The Morgan fingerprint density at radius 2 is 2.17 bits per heavy atom. The minimum absolute atomic E-state index is 0.0744. The van der Waals surface area contributed by atoms with Crippen molar-refractivity contribution in [2.75, 3.05) is 6.61 Å². The zero-order valence-electron chi connectivity index (χ0n) is 9.61. The first-order valence-corrected chi connectivity index (χ1v) is 7.46. The predicted molar refractivity (Wildman–Crippen MR) is 75.7 cm³/mol. The first kappa shape index (κ1) is 11.9. The highest BCUT2D eigenvalue weighted by atomic mass is 79.9. The van der Waals surface area contributed by atoms with Crippen molar-refractivity contribution in [3.8, 4) is 5.75 Å². The summed E-state index contributed by atoms with van der Waals surface area (Å²) in [6.45, 7) is 0.776. The number of carbonyl (C=O) groups excluding carboxylic acids is 1. The minimum atomic E-state index is 0.0744. The standard InChI is InChI=1S/C14H11BrO2S/c15-13-7-11(8-18-13)14(16)10-3-4-12-9(6-10)2-1-5-17-12/h3-4,6-8H,1-2,5H2. The Labute approximate surface area is 118 Å². The molecule has 1 aliphatic heterocycles. The Morgan fingerprint density at radius 3 is 2.94 bits per heavy atom. The van der Waals surface area contributed by atoms with Gasteiger partial charge in [0.15, 0.2) is 5.78 Å². The fraction of sp³-hybridized carbons (Fsp3) is 0.214. The van der Waals surface area contributed by atoms with Crippen molar-refractivity contribution < 1.29 is 9.53 Å². The quantitative estimate of drug-likeness (QED) is 0.779. The van der Waals surface area contributed by atoms with Crippen LogP contribution in [0.2, 0.25) is 0 Å². The van der Waals surface area contributed by atoms with Gasteiger partial charge in [-0.2, -0.15) is 0 Å². The van der Waals surface area contributed by atoms with Gasteiger partial charge in [0.2, 0.25) is 0 Å². The van der Waals surface area contributed by atoms with Gasteiger partial charge in [-0.3, -0.25) is 4.79 Å². The largest absolute Gasteiger partial charge is 0.493 e. The van der Waals surface area contributed by atoms with Gasteiger partial charge in [0, 0.05) is 16.5 Å². The highest BCUT2D eigenvalue weighted by Crippen LogP contribution is 2.28. The second-order valence-corrected chi connectivity index (χ2v) is 6.53. The van der Waals surface area contributed by atoms with Crippen LogP contribution in [0, 0.1) is 0 Å². The fourth-order valence-corrected chi connectivity index (χ4v) is 3.23. The third-order valence-corrected chi connectivity index (χ3v) is 4.50. The van der Waals surface area contributed by atoms with Gasteiger partial charge in [-0.1, -0.05) is 0 Å². The number of fused-ring (bicyclic) bond motifs is 1. The molecule has 1 aliphatic rings. The van der Waals surface area contributed by atoms with Crippen molar-refractivity contribution in [3.63, 3.8) is 0 Å². The normalized spacial score (nSPS) is 13.8. The number of benzene rings is 1. The molecule has 0 unspecified atom stereocenters. The molecule has 0 amide bonds. The maximum absolute atomic E-state index is 12.3. The molecule has 0 saturated heterocycles. The molecule has 4 heteroatoms. The molecule has 1 aromatic heterocycles. The van der Waals surface area contributed by atoms with Gasteiger partial charge < -0.3 is 4.74 Å². The first-order valence-electron chi connectivity index (χ1n) is 5.78. The molecule has 0 atom stereocenters. The van der Waals surface area contributed by atoms with Gasteiger partial charge in [0.05, 0.1) is 10.4 Å². The number of hydrogen-bond donors (Lipinski definition) is 0. The molecule has 18 heavy (non-hydrogen) atoms. The number of carbonyl (C=O) groups is 1. The molecule has 2 aromatic rings. The molecule has 2 heterocycles. The van der Waals surface area contributed by atoms with Crippen LogP contribution in [0.5, 0.6) is 5.75 Å². The van der Waals surface area contributed by atoms with Gasteiger partial charge in [-0.05, 0) is 58.6 Å². The van der Waals surface area contributed by atoms with Gasteiger partial charge in [0.25, 0.3) is 0 Å². The number of ketones is 1. The average Bonchev–Trinajstić information content (AvgIpc) is 2.84. The Bertz CT molecular complexity index is 604. The number of rotatable bonds is 2. The molecule has 0 N–H and O–H groups in total. The topological polar surface area (TPSA) is 26.3 Å². The van der Waals surface area contributed by atoms with Crippen LogP contribution in [-0.2, 0) is 6.42 Å². The Balaban J connectivity index is 1.95. The second kappa shape index (κ2) is 4.86. The van der Waals surface area contributed by atoms with E-state index in [4.69, 9.17) is 4.74 Å². The van der Waals surface area contributed by atoms with E-state index in [0.29, 0.717) is 0 Å². The Morgan fingerprint density at radius 1 is 1.28 bits per heavy atom. The number of ether oxygens (including phenoxy) is 1. The van der Waals surface area contributed by atoms with Crippen LogP contribution in [0.25, 0.3) is 0 Å². The number of hydrogen-bond acceptors (Lipinski definition) is 3. The summed E-state index contributed by atoms with van der Waals surface area (Å²) in [5.74, 6) is 0.995. The van der Waals surface area contributed by atoms with E-state index in [1.165, 1.54) is 11.3 Å². The average molecular weight is 323 g/mol. The number of aryl methyl sites for hydroxylation is 1. The van der Waals surface area contributed by atoms with E-state index in [0.717, 1.165) is 45.7 Å². The fourth-order valence-electron chi connectivity index (χ4n) is 2.10. The summed E-state index contributed by atoms with van der Waals surface area (Å²) < 4.78 is 6.53. The van der Waals surface area contributed by atoms with Crippen molar-refractivity contribution in [3.05, 3.63) is 50.1 Å². The zero-order chi connectivity index (χ0) is 12.5. The molecule has 92 valence electrons. The minimum Gasteiger partial charge on any atom is -0.493 e. The maximum atomic E-state index is 12.3. The number of halogens is 1. The van der Waals surface area contributed by atoms with Gasteiger partial charge >= 0.3 is 0 Å². The second-order valence-electron chi connectivity index (χ2n) is 4.24. The van der Waals surface area contributed by atoms with Crippen molar-refractivity contribution in [2.45, 2.75) is 12.8 Å². The first-order chi connectivity index (χ1) is 8.74. The van der Waals surface area contributed by atoms with Crippen molar-refractivity contribution in [2.24, 2.45) is 0 Å². The number of thiophene rings is 1. The van der Waals surface area contributed by atoms with E-state index < -0.39 is 0 Å². The summed E-state index contributed by atoms with van der Waals surface area (Å²) >= 11 is 4.91. The molecular weight excluding hydrogens is 312 g/mol. The smallest absolute Gasteiger partial charge is 0.193 e. The monoisotopic (exact) mass is 322 g/mol. The summed E-state index contributed by atoms with van der Waals surface area (Å²) in [4.78, 5) is 12.3. The molecule has 0 spiro atoms. The molecule has 0 fully saturated rings. The van der Waals surface area contributed by atoms with Gasteiger partial charge in [-0.15, -0.1) is 11.3 Å². The Hall–Kier alpha value is -1.13. The molecule has 2 nitrogen and oxygen atoms in total. The van der Waals surface area contributed by atoms with Crippen molar-refractivity contribution in [1.82, 2.24) is 0 Å². The lowest BCUT2D eigenvalue weighted by atomic mass is 9.99.